The molecule has 0 saturated heterocycles. The summed E-state index contributed by atoms with van der Waals surface area (Å²) >= 11 is 0. The van der Waals surface area contributed by atoms with Crippen LogP contribution in [0.25, 0.3) is 0 Å². The van der Waals surface area contributed by atoms with Crippen LogP contribution in [0.4, 0.5) is 0 Å². The lowest BCUT2D eigenvalue weighted by atomic mass is 10.1. The quantitative estimate of drug-likeness (QED) is 0.683. The standard InChI is InChI=1S/C14H24N2O2/c1-3-4-5-6-7-8-9-10-16-12(2)13(11-15-16)14(17)18/h11H,3-10H2,1-2H3,(H,17,18). The van der Waals surface area contributed by atoms with Crippen LogP contribution in [0.15, 0.2) is 6.20 Å². The highest BCUT2D eigenvalue weighted by Gasteiger charge is 2.11. The third kappa shape index (κ3) is 4.51. The number of hydrogen-bond acceptors (Lipinski definition) is 2. The molecular weight excluding hydrogens is 228 g/mol. The maximum atomic E-state index is 10.9. The zero-order valence-corrected chi connectivity index (χ0v) is 11.5. The Morgan fingerprint density at radius 2 is 1.83 bits per heavy atom. The van der Waals surface area contributed by atoms with Gasteiger partial charge in [-0.2, -0.15) is 5.10 Å². The molecule has 1 rings (SSSR count). The average Bonchev–Trinajstić information content (AvgIpc) is 2.70. The van der Waals surface area contributed by atoms with Crippen LogP contribution in [0.1, 0.15) is 67.9 Å². The smallest absolute Gasteiger partial charge is 0.339 e. The van der Waals surface area contributed by atoms with E-state index in [0.717, 1.165) is 18.7 Å². The van der Waals surface area contributed by atoms with Crippen molar-refractivity contribution in [3.63, 3.8) is 0 Å². The summed E-state index contributed by atoms with van der Waals surface area (Å²) in [5, 5.41) is 13.0. The first-order chi connectivity index (χ1) is 8.66. The van der Waals surface area contributed by atoms with E-state index in [0.29, 0.717) is 5.56 Å². The molecule has 102 valence electrons. The second-order valence-electron chi connectivity index (χ2n) is 4.79. The van der Waals surface area contributed by atoms with Crippen LogP contribution in [-0.2, 0) is 6.54 Å². The van der Waals surface area contributed by atoms with Gasteiger partial charge in [-0.05, 0) is 13.3 Å². The van der Waals surface area contributed by atoms with Gasteiger partial charge in [0.15, 0.2) is 0 Å². The average molecular weight is 252 g/mol. The lowest BCUT2D eigenvalue weighted by Crippen LogP contribution is -2.04. The van der Waals surface area contributed by atoms with Crippen molar-refractivity contribution in [2.24, 2.45) is 0 Å². The topological polar surface area (TPSA) is 55.1 Å². The fraction of sp³-hybridized carbons (Fsp3) is 0.714. The molecule has 1 aromatic heterocycles. The Hall–Kier alpha value is -1.32. The van der Waals surface area contributed by atoms with Gasteiger partial charge in [0.2, 0.25) is 0 Å². The van der Waals surface area contributed by atoms with Gasteiger partial charge in [-0.1, -0.05) is 45.4 Å². The molecule has 1 aromatic rings. The molecule has 0 atom stereocenters. The van der Waals surface area contributed by atoms with Crippen LogP contribution in [0.2, 0.25) is 0 Å². The van der Waals surface area contributed by atoms with E-state index in [1.54, 1.807) is 4.68 Å². The summed E-state index contributed by atoms with van der Waals surface area (Å²) in [6.07, 6.45) is 10.3. The number of unbranched alkanes of at least 4 members (excludes halogenated alkanes) is 6. The van der Waals surface area contributed by atoms with Gasteiger partial charge in [0, 0.05) is 12.2 Å². The van der Waals surface area contributed by atoms with E-state index in [2.05, 4.69) is 12.0 Å². The lowest BCUT2D eigenvalue weighted by molar-refractivity contribution is 0.0696. The fourth-order valence-corrected chi connectivity index (χ4v) is 2.10. The minimum absolute atomic E-state index is 0.318. The summed E-state index contributed by atoms with van der Waals surface area (Å²) in [4.78, 5) is 10.9. The van der Waals surface area contributed by atoms with Crippen molar-refractivity contribution < 1.29 is 9.90 Å². The molecule has 0 aliphatic heterocycles. The molecule has 0 amide bonds. The van der Waals surface area contributed by atoms with Crippen LogP contribution in [0.5, 0.6) is 0 Å². The van der Waals surface area contributed by atoms with Crippen LogP contribution in [0.3, 0.4) is 0 Å². The minimum Gasteiger partial charge on any atom is -0.478 e. The number of aromatic nitrogens is 2. The molecule has 0 aliphatic carbocycles. The Morgan fingerprint density at radius 1 is 1.22 bits per heavy atom. The molecule has 4 heteroatoms. The zero-order chi connectivity index (χ0) is 13.4. The number of aryl methyl sites for hydroxylation is 1. The van der Waals surface area contributed by atoms with Crippen molar-refractivity contribution in [3.05, 3.63) is 17.5 Å². The van der Waals surface area contributed by atoms with Gasteiger partial charge in [0.05, 0.1) is 6.20 Å². The first kappa shape index (κ1) is 14.7. The van der Waals surface area contributed by atoms with E-state index in [9.17, 15) is 4.79 Å². The minimum atomic E-state index is -0.890. The van der Waals surface area contributed by atoms with Gasteiger partial charge in [0.1, 0.15) is 5.56 Å². The monoisotopic (exact) mass is 252 g/mol. The molecule has 0 unspecified atom stereocenters. The molecule has 4 nitrogen and oxygen atoms in total. The summed E-state index contributed by atoms with van der Waals surface area (Å²) in [5.41, 5.74) is 1.08. The van der Waals surface area contributed by atoms with E-state index in [1.807, 2.05) is 6.92 Å². The van der Waals surface area contributed by atoms with Gasteiger partial charge in [-0.3, -0.25) is 4.68 Å². The number of aromatic carboxylic acids is 1. The van der Waals surface area contributed by atoms with E-state index in [1.165, 1.54) is 44.7 Å². The summed E-state index contributed by atoms with van der Waals surface area (Å²) < 4.78 is 1.80. The molecule has 1 N–H and O–H groups in total. The number of carboxylic acids is 1. The number of hydrogen-bond donors (Lipinski definition) is 1. The molecule has 0 aromatic carbocycles. The van der Waals surface area contributed by atoms with Crippen LogP contribution < -0.4 is 0 Å². The van der Waals surface area contributed by atoms with Gasteiger partial charge in [-0.15, -0.1) is 0 Å². The lowest BCUT2D eigenvalue weighted by Gasteiger charge is -2.04. The normalized spacial score (nSPS) is 10.8. The first-order valence-electron chi connectivity index (χ1n) is 6.92. The molecular formula is C14H24N2O2. The van der Waals surface area contributed by atoms with Crippen molar-refractivity contribution in [2.75, 3.05) is 0 Å². The molecule has 0 saturated carbocycles. The zero-order valence-electron chi connectivity index (χ0n) is 11.5. The second kappa shape index (κ2) is 7.90. The van der Waals surface area contributed by atoms with Crippen molar-refractivity contribution in [3.8, 4) is 0 Å². The van der Waals surface area contributed by atoms with Crippen LogP contribution in [0, 0.1) is 6.92 Å². The summed E-state index contributed by atoms with van der Waals surface area (Å²) in [6, 6.07) is 0. The number of carbonyl (C=O) groups is 1. The molecule has 0 spiro atoms. The first-order valence-corrected chi connectivity index (χ1v) is 6.92. The number of nitrogens with zero attached hydrogens (tertiary/aromatic N) is 2. The van der Waals surface area contributed by atoms with E-state index in [4.69, 9.17) is 5.11 Å². The molecule has 18 heavy (non-hydrogen) atoms. The molecule has 0 fully saturated rings. The van der Waals surface area contributed by atoms with Gasteiger partial charge < -0.3 is 5.11 Å². The Balaban J connectivity index is 2.21. The Kier molecular flexibility index (Phi) is 6.47. The van der Waals surface area contributed by atoms with Crippen LogP contribution >= 0.6 is 0 Å². The van der Waals surface area contributed by atoms with Crippen molar-refractivity contribution in [1.82, 2.24) is 9.78 Å². The van der Waals surface area contributed by atoms with Gasteiger partial charge in [0.25, 0.3) is 0 Å². The highest BCUT2D eigenvalue weighted by molar-refractivity contribution is 5.88. The van der Waals surface area contributed by atoms with Crippen molar-refractivity contribution in [2.45, 2.75) is 65.3 Å². The third-order valence-corrected chi connectivity index (χ3v) is 3.31. The number of rotatable bonds is 9. The summed E-state index contributed by atoms with van der Waals surface area (Å²) in [7, 11) is 0. The second-order valence-corrected chi connectivity index (χ2v) is 4.79. The Bertz CT molecular complexity index is 372. The van der Waals surface area contributed by atoms with E-state index < -0.39 is 5.97 Å². The maximum absolute atomic E-state index is 10.9. The van der Waals surface area contributed by atoms with Gasteiger partial charge in [-0.25, -0.2) is 4.79 Å². The predicted molar refractivity (Wildman–Crippen MR) is 71.9 cm³/mol. The Labute approximate surface area is 109 Å². The third-order valence-electron chi connectivity index (χ3n) is 3.31. The number of carboxylic acid groups (broad SMARTS) is 1. The Morgan fingerprint density at radius 3 is 2.39 bits per heavy atom. The molecule has 0 bridgehead atoms. The SMILES string of the molecule is CCCCCCCCCn1ncc(C(=O)O)c1C. The maximum Gasteiger partial charge on any atom is 0.339 e. The van der Waals surface area contributed by atoms with Crippen molar-refractivity contribution >= 4 is 5.97 Å². The fourth-order valence-electron chi connectivity index (χ4n) is 2.10. The van der Waals surface area contributed by atoms with Crippen molar-refractivity contribution in [1.29, 1.82) is 0 Å². The summed E-state index contributed by atoms with van der Waals surface area (Å²) in [5.74, 6) is -0.890. The predicted octanol–water partition coefficient (Wildman–Crippen LogP) is 3.64. The van der Waals surface area contributed by atoms with E-state index in [-0.39, 0.29) is 0 Å². The van der Waals surface area contributed by atoms with Crippen LogP contribution in [-0.4, -0.2) is 20.9 Å². The highest BCUT2D eigenvalue weighted by Crippen LogP contribution is 2.11. The summed E-state index contributed by atoms with van der Waals surface area (Å²) in [6.45, 7) is 4.87. The molecule has 0 aliphatic rings. The van der Waals surface area contributed by atoms with E-state index >= 15 is 0 Å². The highest BCUT2D eigenvalue weighted by atomic mass is 16.4. The molecule has 0 radical (unpaired) electrons. The molecule has 1 heterocycles. The van der Waals surface area contributed by atoms with Gasteiger partial charge >= 0.3 is 5.97 Å². The largest absolute Gasteiger partial charge is 0.478 e.